The van der Waals surface area contributed by atoms with Gasteiger partial charge in [-0.3, -0.25) is 10.1 Å². The van der Waals surface area contributed by atoms with Gasteiger partial charge in [0.05, 0.1) is 9.82 Å². The second-order valence-electron chi connectivity index (χ2n) is 2.87. The van der Waals surface area contributed by atoms with Gasteiger partial charge in [0.1, 0.15) is 0 Å². The highest BCUT2D eigenvalue weighted by Gasteiger charge is 2.14. The van der Waals surface area contributed by atoms with Gasteiger partial charge in [-0.25, -0.2) is 13.1 Å². The Morgan fingerprint density at radius 2 is 1.88 bits per heavy atom. The molecule has 0 aromatic heterocycles. The molecule has 0 fully saturated rings. The first-order chi connectivity index (χ1) is 7.47. The number of non-ortho nitro benzene ring substituents is 1. The van der Waals surface area contributed by atoms with Crippen molar-refractivity contribution >= 4 is 28.3 Å². The summed E-state index contributed by atoms with van der Waals surface area (Å²) in [6, 6.07) is 4.68. The summed E-state index contributed by atoms with van der Waals surface area (Å²) in [6.45, 7) is 0.211. The number of nitrogens with one attached hydrogen (secondary N) is 1. The van der Waals surface area contributed by atoms with Crippen molar-refractivity contribution in [3.05, 3.63) is 34.4 Å². The van der Waals surface area contributed by atoms with Crippen molar-refractivity contribution in [3.8, 4) is 0 Å². The van der Waals surface area contributed by atoms with Crippen LogP contribution in [0.5, 0.6) is 0 Å². The fraction of sp³-hybridized carbons (Fsp3) is 0.250. The highest BCUT2D eigenvalue weighted by atomic mass is 32.2. The van der Waals surface area contributed by atoms with Crippen molar-refractivity contribution in [1.29, 1.82) is 0 Å². The lowest BCUT2D eigenvalue weighted by Crippen LogP contribution is -2.25. The summed E-state index contributed by atoms with van der Waals surface area (Å²) in [7, 11) is -3.59. The molecule has 0 spiro atoms. The monoisotopic (exact) mass is 262 g/mol. The maximum Gasteiger partial charge on any atom is 0.269 e. The number of nitro groups is 1. The number of rotatable bonds is 5. The first-order valence-electron chi connectivity index (χ1n) is 4.32. The first kappa shape index (κ1) is 12.9. The van der Waals surface area contributed by atoms with Gasteiger partial charge in [0, 0.05) is 24.4 Å². The Hall–Kier alpha value is -1.12. The molecule has 6 nitrogen and oxygen atoms in total. The predicted octanol–water partition coefficient (Wildman–Crippen LogP) is 0.803. The molecular formula is C8H10N2O4S2. The van der Waals surface area contributed by atoms with Crippen molar-refractivity contribution in [1.82, 2.24) is 4.72 Å². The molecule has 16 heavy (non-hydrogen) atoms. The van der Waals surface area contributed by atoms with Gasteiger partial charge in [-0.15, -0.1) is 0 Å². The van der Waals surface area contributed by atoms with E-state index in [4.69, 9.17) is 0 Å². The summed E-state index contributed by atoms with van der Waals surface area (Å²) in [5, 5.41) is 10.4. The van der Waals surface area contributed by atoms with E-state index in [1.165, 1.54) is 12.1 Å². The molecular weight excluding hydrogens is 252 g/mol. The van der Waals surface area contributed by atoms with Gasteiger partial charge in [-0.2, -0.15) is 12.6 Å². The summed E-state index contributed by atoms with van der Waals surface area (Å²) in [5.74, 6) is 0.381. The van der Waals surface area contributed by atoms with Crippen LogP contribution in [0.1, 0.15) is 0 Å². The van der Waals surface area contributed by atoms with Crippen molar-refractivity contribution in [2.24, 2.45) is 0 Å². The zero-order valence-electron chi connectivity index (χ0n) is 8.16. The minimum absolute atomic E-state index is 0.000108. The van der Waals surface area contributed by atoms with E-state index in [1.54, 1.807) is 0 Å². The van der Waals surface area contributed by atoms with E-state index < -0.39 is 14.9 Å². The van der Waals surface area contributed by atoms with Gasteiger partial charge >= 0.3 is 0 Å². The van der Waals surface area contributed by atoms with Crippen LogP contribution in [-0.2, 0) is 10.0 Å². The molecule has 0 aliphatic rings. The first-order valence-corrected chi connectivity index (χ1v) is 6.44. The van der Waals surface area contributed by atoms with Crippen LogP contribution in [0.4, 0.5) is 5.69 Å². The van der Waals surface area contributed by atoms with Crippen LogP contribution in [0.3, 0.4) is 0 Å². The third-order valence-electron chi connectivity index (χ3n) is 1.76. The van der Waals surface area contributed by atoms with Crippen LogP contribution in [0.25, 0.3) is 0 Å². The molecule has 0 saturated heterocycles. The molecule has 0 bridgehead atoms. The lowest BCUT2D eigenvalue weighted by Gasteiger charge is -2.04. The average molecular weight is 262 g/mol. The molecule has 0 unspecified atom stereocenters. The fourth-order valence-corrected chi connectivity index (χ4v) is 2.31. The van der Waals surface area contributed by atoms with Crippen molar-refractivity contribution in [2.75, 3.05) is 12.3 Å². The Kier molecular flexibility index (Phi) is 4.27. The summed E-state index contributed by atoms with van der Waals surface area (Å²) >= 11 is 3.87. The molecule has 1 aromatic carbocycles. The average Bonchev–Trinajstić information content (AvgIpc) is 2.26. The molecule has 1 rings (SSSR count). The quantitative estimate of drug-likeness (QED) is 0.466. The van der Waals surface area contributed by atoms with E-state index in [0.717, 1.165) is 12.1 Å². The number of thiol groups is 1. The summed E-state index contributed by atoms with van der Waals surface area (Å²) < 4.78 is 25.4. The van der Waals surface area contributed by atoms with Gasteiger partial charge in [0.25, 0.3) is 5.69 Å². The van der Waals surface area contributed by atoms with Gasteiger partial charge in [-0.1, -0.05) is 0 Å². The topological polar surface area (TPSA) is 89.3 Å². The molecule has 0 aliphatic heterocycles. The summed E-state index contributed by atoms with van der Waals surface area (Å²) in [4.78, 5) is 9.78. The smallest absolute Gasteiger partial charge is 0.258 e. The fourth-order valence-electron chi connectivity index (χ4n) is 1.01. The van der Waals surface area contributed by atoms with Gasteiger partial charge in [0.2, 0.25) is 10.0 Å². The Bertz CT molecular complexity index is 469. The molecule has 1 aromatic rings. The second-order valence-corrected chi connectivity index (χ2v) is 5.09. The Labute approximate surface area is 98.3 Å². The molecule has 0 atom stereocenters. The molecule has 0 aliphatic carbocycles. The van der Waals surface area contributed by atoms with Crippen LogP contribution >= 0.6 is 12.6 Å². The van der Waals surface area contributed by atoms with Crippen LogP contribution < -0.4 is 4.72 Å². The van der Waals surface area contributed by atoms with E-state index in [1.807, 2.05) is 0 Å². The third kappa shape index (κ3) is 3.19. The molecule has 0 amide bonds. The molecule has 0 saturated carbocycles. The molecule has 88 valence electrons. The second kappa shape index (κ2) is 5.28. The van der Waals surface area contributed by atoms with Crippen LogP contribution in [0.15, 0.2) is 29.2 Å². The van der Waals surface area contributed by atoms with Gasteiger partial charge < -0.3 is 0 Å². The van der Waals surface area contributed by atoms with E-state index in [0.29, 0.717) is 5.75 Å². The minimum atomic E-state index is -3.59. The van der Waals surface area contributed by atoms with Gasteiger partial charge in [0.15, 0.2) is 0 Å². The number of hydrogen-bond acceptors (Lipinski definition) is 5. The van der Waals surface area contributed by atoms with E-state index in [-0.39, 0.29) is 17.1 Å². The predicted molar refractivity (Wildman–Crippen MR) is 62.1 cm³/mol. The molecule has 0 heterocycles. The Balaban J connectivity index is 2.93. The number of benzene rings is 1. The Morgan fingerprint density at radius 1 is 1.31 bits per heavy atom. The van der Waals surface area contributed by atoms with Crippen molar-refractivity contribution in [2.45, 2.75) is 4.90 Å². The standard InChI is InChI=1S/C8H10N2O4S2/c11-10(12)7-1-3-8(4-2-7)16(13,14)9-5-6-15/h1-4,9,15H,5-6H2. The van der Waals surface area contributed by atoms with Gasteiger partial charge in [-0.05, 0) is 12.1 Å². The van der Waals surface area contributed by atoms with E-state index in [9.17, 15) is 18.5 Å². The van der Waals surface area contributed by atoms with Crippen molar-refractivity contribution < 1.29 is 13.3 Å². The molecule has 1 N–H and O–H groups in total. The summed E-state index contributed by atoms with van der Waals surface area (Å²) in [6.07, 6.45) is 0. The highest BCUT2D eigenvalue weighted by molar-refractivity contribution is 7.89. The zero-order chi connectivity index (χ0) is 12.2. The highest BCUT2D eigenvalue weighted by Crippen LogP contribution is 2.15. The lowest BCUT2D eigenvalue weighted by atomic mass is 10.3. The number of hydrogen-bond donors (Lipinski definition) is 2. The molecule has 8 heteroatoms. The summed E-state index contributed by atoms with van der Waals surface area (Å²) in [5.41, 5.74) is -0.145. The normalized spacial score (nSPS) is 11.3. The largest absolute Gasteiger partial charge is 0.269 e. The molecule has 0 radical (unpaired) electrons. The third-order valence-corrected chi connectivity index (χ3v) is 3.46. The SMILES string of the molecule is O=[N+]([O-])c1ccc(S(=O)(=O)NCCS)cc1. The van der Waals surface area contributed by atoms with Crippen LogP contribution in [0.2, 0.25) is 0 Å². The van der Waals surface area contributed by atoms with Crippen molar-refractivity contribution in [3.63, 3.8) is 0 Å². The number of nitrogens with zero attached hydrogens (tertiary/aromatic N) is 1. The number of nitro benzene ring substituents is 1. The van der Waals surface area contributed by atoms with E-state index >= 15 is 0 Å². The zero-order valence-corrected chi connectivity index (χ0v) is 9.87. The maximum absolute atomic E-state index is 11.6. The maximum atomic E-state index is 11.6. The Morgan fingerprint density at radius 3 is 2.31 bits per heavy atom. The minimum Gasteiger partial charge on any atom is -0.258 e. The van der Waals surface area contributed by atoms with Crippen LogP contribution in [-0.4, -0.2) is 25.6 Å². The lowest BCUT2D eigenvalue weighted by molar-refractivity contribution is -0.384. The van der Waals surface area contributed by atoms with E-state index in [2.05, 4.69) is 17.4 Å². The number of sulfonamides is 1. The van der Waals surface area contributed by atoms with Crippen LogP contribution in [0, 0.1) is 10.1 Å².